The van der Waals surface area contributed by atoms with Crippen LogP contribution < -0.4 is 42.5 Å². The lowest BCUT2D eigenvalue weighted by atomic mass is 9.88. The number of piperidine rings is 2. The van der Waals surface area contributed by atoms with Crippen molar-refractivity contribution in [2.45, 2.75) is 139 Å². The molecule has 18 nitrogen and oxygen atoms in total. The van der Waals surface area contributed by atoms with Crippen LogP contribution in [0, 0.1) is 35.5 Å². The average Bonchev–Trinajstić information content (AvgIpc) is 4.26. The molecule has 4 aliphatic heterocycles. The lowest BCUT2D eigenvalue weighted by molar-refractivity contribution is -0.143. The first-order valence-corrected chi connectivity index (χ1v) is 26.9. The molecule has 6 amide bonds. The van der Waals surface area contributed by atoms with Crippen molar-refractivity contribution in [3.8, 4) is 23.7 Å². The fraction of sp³-hybridized carbons (Fsp3) is 0.607. The average molecular weight is 1020 g/mol. The quantitative estimate of drug-likeness (QED) is 0.0971. The SMILES string of the molecule is CN[C@@H](C)C(=O)N[C@H](C(=O)N1CCC[C@H]1C(=O)N[C@H]1c2ccccc2C[C@H]1OCC#CC#CCO[C@@H]1Cc2ccccc2[C@@H]1NC(=O)[C@@H]1CCCN1C(=O)[C@@H](NC(=O)[C@H](C)NC)C1CCNCC1)C1CCNCC1. The Bertz CT molecular complexity index is 2290. The first-order valence-electron chi connectivity index (χ1n) is 26.9. The fourth-order valence-electron chi connectivity index (χ4n) is 11.6. The van der Waals surface area contributed by atoms with E-state index in [1.807, 2.05) is 48.5 Å². The van der Waals surface area contributed by atoms with Gasteiger partial charge in [0.1, 0.15) is 37.4 Å². The Hall–Kier alpha value is -5.86. The number of hydrogen-bond donors (Lipinski definition) is 8. The lowest BCUT2D eigenvalue weighted by Gasteiger charge is -2.35. The van der Waals surface area contributed by atoms with Gasteiger partial charge in [0.05, 0.1) is 36.4 Å². The van der Waals surface area contributed by atoms with Gasteiger partial charge in [-0.15, -0.1) is 0 Å². The highest BCUT2D eigenvalue weighted by atomic mass is 16.5. The van der Waals surface area contributed by atoms with E-state index in [0.29, 0.717) is 51.6 Å². The number of ether oxygens (including phenoxy) is 2. The summed E-state index contributed by atoms with van der Waals surface area (Å²) in [7, 11) is 3.42. The third-order valence-electron chi connectivity index (χ3n) is 16.1. The Balaban J connectivity index is 0.858. The molecule has 0 saturated carbocycles. The van der Waals surface area contributed by atoms with E-state index in [2.05, 4.69) is 66.2 Å². The van der Waals surface area contributed by atoms with Crippen molar-refractivity contribution in [2.75, 3.05) is 66.6 Å². The van der Waals surface area contributed by atoms with Crippen LogP contribution in [0.4, 0.5) is 0 Å². The number of nitrogens with zero attached hydrogens (tertiary/aromatic N) is 2. The van der Waals surface area contributed by atoms with Gasteiger partial charge in [0.25, 0.3) is 0 Å². The fourth-order valence-corrected chi connectivity index (χ4v) is 11.6. The second-order valence-corrected chi connectivity index (χ2v) is 20.6. The summed E-state index contributed by atoms with van der Waals surface area (Å²) in [6.45, 7) is 7.59. The number of likely N-dealkylation sites (N-methyl/N-ethyl adjacent to an activating group) is 2. The van der Waals surface area contributed by atoms with Crippen molar-refractivity contribution in [1.29, 1.82) is 0 Å². The Morgan fingerprint density at radius 2 is 0.986 bits per heavy atom. The highest BCUT2D eigenvalue weighted by Crippen LogP contribution is 2.36. The van der Waals surface area contributed by atoms with E-state index in [0.717, 1.165) is 74.1 Å². The van der Waals surface area contributed by atoms with Gasteiger partial charge in [0.2, 0.25) is 35.4 Å². The van der Waals surface area contributed by atoms with Gasteiger partial charge in [0.15, 0.2) is 0 Å². The molecule has 0 radical (unpaired) electrons. The molecular weight excluding hydrogens is 941 g/mol. The summed E-state index contributed by atoms with van der Waals surface area (Å²) in [5.41, 5.74) is 4.07. The second kappa shape index (κ2) is 26.1. The van der Waals surface area contributed by atoms with E-state index in [1.54, 1.807) is 37.7 Å². The predicted molar refractivity (Wildman–Crippen MR) is 279 cm³/mol. The van der Waals surface area contributed by atoms with Crippen LogP contribution in [-0.4, -0.2) is 160 Å². The van der Waals surface area contributed by atoms with E-state index in [9.17, 15) is 28.8 Å². The number of benzene rings is 2. The first kappa shape index (κ1) is 54.4. The Labute approximate surface area is 436 Å². The molecule has 0 aromatic heterocycles. The molecule has 2 aromatic rings. The van der Waals surface area contributed by atoms with Gasteiger partial charge in [-0.25, -0.2) is 0 Å². The van der Waals surface area contributed by atoms with E-state index >= 15 is 0 Å². The third kappa shape index (κ3) is 13.0. The van der Waals surface area contributed by atoms with Crippen LogP contribution in [0.3, 0.4) is 0 Å². The van der Waals surface area contributed by atoms with Crippen LogP contribution in [0.5, 0.6) is 0 Å². The number of likely N-dealkylation sites (tertiary alicyclic amines) is 2. The Morgan fingerprint density at radius 1 is 0.595 bits per heavy atom. The molecule has 0 bridgehead atoms. The number of carbonyl (C=O) groups is 6. The van der Waals surface area contributed by atoms with E-state index in [4.69, 9.17) is 9.47 Å². The number of rotatable bonds is 18. The summed E-state index contributed by atoms with van der Waals surface area (Å²) in [4.78, 5) is 86.5. The molecule has 8 rings (SSSR count). The number of carbonyl (C=O) groups excluding carboxylic acids is 6. The van der Waals surface area contributed by atoms with E-state index in [-0.39, 0.29) is 60.5 Å². The molecule has 398 valence electrons. The van der Waals surface area contributed by atoms with Crippen molar-refractivity contribution < 1.29 is 38.2 Å². The summed E-state index contributed by atoms with van der Waals surface area (Å²) >= 11 is 0. The molecule has 0 unspecified atom stereocenters. The minimum Gasteiger partial charge on any atom is -0.363 e. The molecule has 8 N–H and O–H groups in total. The van der Waals surface area contributed by atoms with Crippen LogP contribution in [0.2, 0.25) is 0 Å². The molecule has 4 fully saturated rings. The van der Waals surface area contributed by atoms with Crippen LogP contribution in [0.25, 0.3) is 0 Å². The molecule has 74 heavy (non-hydrogen) atoms. The van der Waals surface area contributed by atoms with Gasteiger partial charge < -0.3 is 61.8 Å². The van der Waals surface area contributed by atoms with Crippen molar-refractivity contribution in [3.63, 3.8) is 0 Å². The van der Waals surface area contributed by atoms with Gasteiger partial charge in [-0.3, -0.25) is 28.8 Å². The van der Waals surface area contributed by atoms with Crippen LogP contribution in [0.1, 0.15) is 99.6 Å². The monoisotopic (exact) mass is 1020 g/mol. The lowest BCUT2D eigenvalue weighted by Crippen LogP contribution is -2.59. The maximum absolute atomic E-state index is 14.3. The van der Waals surface area contributed by atoms with Gasteiger partial charge in [-0.05, 0) is 151 Å². The Morgan fingerprint density at radius 3 is 1.38 bits per heavy atom. The molecular formula is C56H76N10O8. The molecule has 0 spiro atoms. The van der Waals surface area contributed by atoms with Crippen molar-refractivity contribution in [2.24, 2.45) is 11.8 Å². The Kier molecular flexibility index (Phi) is 19.2. The molecule has 6 aliphatic rings. The highest BCUT2D eigenvalue weighted by Gasteiger charge is 2.45. The van der Waals surface area contributed by atoms with Gasteiger partial charge >= 0.3 is 0 Å². The summed E-state index contributed by atoms with van der Waals surface area (Å²) < 4.78 is 12.7. The standard InChI is InChI=1S/C56H76N10O8/c1-35(57-3)51(67)61-47(37-21-25-59-26-22-37)55(71)65-29-13-19-43(65)53(69)63-49-41-17-9-7-15-39(41)33-45(49)73-31-11-5-6-12-32-74-46-34-40-16-8-10-18-42(40)50(46)64-54(70)44-20-14-30-66(44)56(72)48(38-23-27-60-28-24-38)62-52(68)36(2)58-4/h7-10,15-18,35-38,43-50,57-60H,13-14,19-34H2,1-4H3,(H,61,67)(H,62,68)(H,63,69)(H,64,70)/t35-,36-,43-,44-,45+,46+,47-,48-,49-,50-/m0/s1. The summed E-state index contributed by atoms with van der Waals surface area (Å²) in [6.07, 6.45) is 5.77. The smallest absolute Gasteiger partial charge is 0.246 e. The van der Waals surface area contributed by atoms with E-state index in [1.165, 1.54) is 0 Å². The van der Waals surface area contributed by atoms with Gasteiger partial charge in [-0.2, -0.15) is 0 Å². The second-order valence-electron chi connectivity index (χ2n) is 20.6. The summed E-state index contributed by atoms with van der Waals surface area (Å²) in [5, 5.41) is 25.2. The highest BCUT2D eigenvalue weighted by molar-refractivity contribution is 5.95. The molecule has 4 heterocycles. The molecule has 18 heteroatoms. The zero-order chi connectivity index (χ0) is 52.1. The topological polar surface area (TPSA) is 224 Å². The van der Waals surface area contributed by atoms with Crippen LogP contribution in [-0.2, 0) is 51.1 Å². The predicted octanol–water partition coefficient (Wildman–Crippen LogP) is 0.757. The van der Waals surface area contributed by atoms with Crippen molar-refractivity contribution >= 4 is 35.4 Å². The zero-order valence-corrected chi connectivity index (χ0v) is 43.4. The molecule has 2 aromatic carbocycles. The summed E-state index contributed by atoms with van der Waals surface area (Å²) in [6, 6.07) is 11.2. The van der Waals surface area contributed by atoms with Crippen molar-refractivity contribution in [3.05, 3.63) is 70.8 Å². The zero-order valence-electron chi connectivity index (χ0n) is 43.4. The molecule has 10 atom stereocenters. The number of fused-ring (bicyclic) bond motifs is 2. The number of nitrogens with one attached hydrogen (secondary N) is 8. The minimum atomic E-state index is -0.721. The third-order valence-corrected chi connectivity index (χ3v) is 16.1. The van der Waals surface area contributed by atoms with Crippen LogP contribution in [0.15, 0.2) is 48.5 Å². The van der Waals surface area contributed by atoms with Crippen molar-refractivity contribution in [1.82, 2.24) is 52.3 Å². The molecule has 4 saturated heterocycles. The number of hydrogen-bond acceptors (Lipinski definition) is 12. The first-order chi connectivity index (χ1) is 36.0. The summed E-state index contributed by atoms with van der Waals surface area (Å²) in [5.74, 6) is 10.3. The number of amides is 6. The largest absolute Gasteiger partial charge is 0.363 e. The molecule has 2 aliphatic carbocycles. The normalized spacial score (nSPS) is 25.2. The van der Waals surface area contributed by atoms with Gasteiger partial charge in [-0.1, -0.05) is 60.4 Å². The van der Waals surface area contributed by atoms with Gasteiger partial charge in [0, 0.05) is 25.9 Å². The van der Waals surface area contributed by atoms with E-state index < -0.39 is 60.5 Å². The maximum Gasteiger partial charge on any atom is 0.246 e. The van der Waals surface area contributed by atoms with Crippen LogP contribution >= 0.6 is 0 Å². The minimum absolute atomic E-state index is 0.0376. The maximum atomic E-state index is 14.3.